The Kier molecular flexibility index (Phi) is 2.97. The lowest BCUT2D eigenvalue weighted by Crippen LogP contribution is -2.78. The molecule has 0 amide bonds. The standard InChI is InChI=1S/C13H24N2OS/c1-12(2)11-10(3-6-16-11)13(12,14)9-15-4-7-17-8-5-15/h10-11H,3-9,14H2,1-2H3. The number of nitrogens with zero attached hydrogens (tertiary/aromatic N) is 1. The minimum absolute atomic E-state index is 0.0316. The first-order valence-corrected chi connectivity index (χ1v) is 7.92. The van der Waals surface area contributed by atoms with Crippen LogP contribution in [0.4, 0.5) is 0 Å². The van der Waals surface area contributed by atoms with E-state index in [1.54, 1.807) is 0 Å². The Hall–Kier alpha value is 0.230. The van der Waals surface area contributed by atoms with E-state index < -0.39 is 0 Å². The lowest BCUT2D eigenvalue weighted by Gasteiger charge is -2.63. The minimum Gasteiger partial charge on any atom is -0.377 e. The van der Waals surface area contributed by atoms with Gasteiger partial charge in [0.05, 0.1) is 6.10 Å². The highest BCUT2D eigenvalue weighted by molar-refractivity contribution is 7.99. The second-order valence-electron chi connectivity index (χ2n) is 6.34. The molecule has 3 aliphatic rings. The van der Waals surface area contributed by atoms with Gasteiger partial charge in [-0.2, -0.15) is 11.8 Å². The van der Waals surface area contributed by atoms with Crippen LogP contribution in [-0.2, 0) is 4.74 Å². The van der Waals surface area contributed by atoms with E-state index in [0.717, 1.165) is 19.6 Å². The summed E-state index contributed by atoms with van der Waals surface area (Å²) in [6, 6.07) is 0. The molecule has 2 heterocycles. The van der Waals surface area contributed by atoms with Gasteiger partial charge in [-0.25, -0.2) is 0 Å². The van der Waals surface area contributed by atoms with Crippen molar-refractivity contribution in [2.75, 3.05) is 37.7 Å². The van der Waals surface area contributed by atoms with E-state index >= 15 is 0 Å². The summed E-state index contributed by atoms with van der Waals surface area (Å²) < 4.78 is 5.85. The van der Waals surface area contributed by atoms with E-state index in [0.29, 0.717) is 12.0 Å². The fourth-order valence-electron chi connectivity index (χ4n) is 3.93. The van der Waals surface area contributed by atoms with E-state index in [-0.39, 0.29) is 11.0 Å². The van der Waals surface area contributed by atoms with Crippen LogP contribution >= 0.6 is 11.8 Å². The van der Waals surface area contributed by atoms with Crippen molar-refractivity contribution in [3.63, 3.8) is 0 Å². The van der Waals surface area contributed by atoms with Gasteiger partial charge >= 0.3 is 0 Å². The molecular formula is C13H24N2OS. The van der Waals surface area contributed by atoms with E-state index in [1.807, 2.05) is 0 Å². The van der Waals surface area contributed by atoms with Crippen LogP contribution in [0.5, 0.6) is 0 Å². The van der Waals surface area contributed by atoms with E-state index in [4.69, 9.17) is 10.5 Å². The van der Waals surface area contributed by atoms with Gasteiger partial charge in [0.2, 0.25) is 0 Å². The average molecular weight is 256 g/mol. The van der Waals surface area contributed by atoms with Crippen molar-refractivity contribution in [1.29, 1.82) is 0 Å². The number of hydrogen-bond donors (Lipinski definition) is 1. The lowest BCUT2D eigenvalue weighted by molar-refractivity contribution is -0.162. The topological polar surface area (TPSA) is 38.5 Å². The zero-order valence-corrected chi connectivity index (χ0v) is 11.8. The smallest absolute Gasteiger partial charge is 0.0691 e. The van der Waals surface area contributed by atoms with Crippen molar-refractivity contribution in [3.8, 4) is 0 Å². The first-order valence-electron chi connectivity index (χ1n) is 6.76. The number of nitrogens with two attached hydrogens (primary N) is 1. The first kappa shape index (κ1) is 12.3. The summed E-state index contributed by atoms with van der Waals surface area (Å²) in [5, 5.41) is 0. The van der Waals surface area contributed by atoms with Gasteiger partial charge in [0.1, 0.15) is 0 Å². The first-order chi connectivity index (χ1) is 8.06. The summed E-state index contributed by atoms with van der Waals surface area (Å²) in [4.78, 5) is 2.56. The van der Waals surface area contributed by atoms with Gasteiger partial charge < -0.3 is 10.5 Å². The van der Waals surface area contributed by atoms with Crippen LogP contribution < -0.4 is 5.73 Å². The third-order valence-corrected chi connectivity index (χ3v) is 6.20. The summed E-state index contributed by atoms with van der Waals surface area (Å²) in [5.74, 6) is 3.12. The van der Waals surface area contributed by atoms with Crippen LogP contribution in [0.15, 0.2) is 0 Å². The van der Waals surface area contributed by atoms with Crippen LogP contribution in [-0.4, -0.2) is 54.3 Å². The zero-order valence-electron chi connectivity index (χ0n) is 10.9. The predicted octanol–water partition coefficient (Wildman–Crippen LogP) is 1.18. The maximum Gasteiger partial charge on any atom is 0.0691 e. The lowest BCUT2D eigenvalue weighted by atomic mass is 9.48. The molecule has 17 heavy (non-hydrogen) atoms. The van der Waals surface area contributed by atoms with Crippen molar-refractivity contribution < 1.29 is 4.74 Å². The molecule has 0 spiro atoms. The molecule has 3 atom stereocenters. The highest BCUT2D eigenvalue weighted by Gasteiger charge is 2.67. The van der Waals surface area contributed by atoms with Gasteiger partial charge in [-0.3, -0.25) is 4.90 Å². The van der Waals surface area contributed by atoms with Gasteiger partial charge in [0.15, 0.2) is 0 Å². The van der Waals surface area contributed by atoms with Gasteiger partial charge in [0.25, 0.3) is 0 Å². The molecule has 3 fully saturated rings. The summed E-state index contributed by atoms with van der Waals surface area (Å²) in [6.45, 7) is 8.96. The second kappa shape index (κ2) is 4.12. The van der Waals surface area contributed by atoms with Crippen LogP contribution in [0, 0.1) is 11.3 Å². The maximum atomic E-state index is 6.77. The van der Waals surface area contributed by atoms with Crippen LogP contribution in [0.3, 0.4) is 0 Å². The number of ether oxygens (including phenoxy) is 1. The molecule has 2 aliphatic heterocycles. The van der Waals surface area contributed by atoms with Crippen molar-refractivity contribution in [2.45, 2.75) is 31.9 Å². The molecule has 1 aliphatic carbocycles. The SMILES string of the molecule is CC1(C)C2OCCC2C1(N)CN1CCSCC1. The molecule has 2 N–H and O–H groups in total. The monoisotopic (exact) mass is 256 g/mol. The molecule has 0 radical (unpaired) electrons. The highest BCUT2D eigenvalue weighted by atomic mass is 32.2. The number of rotatable bonds is 2. The van der Waals surface area contributed by atoms with Crippen molar-refractivity contribution in [2.24, 2.45) is 17.1 Å². The fraction of sp³-hybridized carbons (Fsp3) is 1.00. The quantitative estimate of drug-likeness (QED) is 0.805. The zero-order chi connectivity index (χ0) is 12.1. The summed E-state index contributed by atoms with van der Waals surface area (Å²) in [5.41, 5.74) is 6.87. The van der Waals surface area contributed by atoms with E-state index in [1.165, 1.54) is 24.6 Å². The maximum absolute atomic E-state index is 6.77. The largest absolute Gasteiger partial charge is 0.377 e. The normalized spacial score (nSPS) is 45.4. The third kappa shape index (κ3) is 1.68. The second-order valence-corrected chi connectivity index (χ2v) is 7.56. The number of thioether (sulfide) groups is 1. The van der Waals surface area contributed by atoms with Crippen LogP contribution in [0.1, 0.15) is 20.3 Å². The Balaban J connectivity index is 1.71. The van der Waals surface area contributed by atoms with E-state index in [9.17, 15) is 0 Å². The molecule has 0 bridgehead atoms. The Morgan fingerprint density at radius 2 is 2.06 bits per heavy atom. The Morgan fingerprint density at radius 3 is 2.76 bits per heavy atom. The summed E-state index contributed by atoms with van der Waals surface area (Å²) >= 11 is 2.06. The predicted molar refractivity (Wildman–Crippen MR) is 72.3 cm³/mol. The van der Waals surface area contributed by atoms with Crippen LogP contribution in [0.25, 0.3) is 0 Å². The summed E-state index contributed by atoms with van der Waals surface area (Å²) in [6.07, 6.45) is 1.57. The molecule has 1 saturated carbocycles. The number of fused-ring (bicyclic) bond motifs is 1. The molecule has 0 aromatic carbocycles. The molecule has 3 nitrogen and oxygen atoms in total. The molecular weight excluding hydrogens is 232 g/mol. The molecule has 3 unspecified atom stereocenters. The summed E-state index contributed by atoms with van der Waals surface area (Å²) in [7, 11) is 0. The molecule has 98 valence electrons. The highest BCUT2D eigenvalue weighted by Crippen LogP contribution is 2.58. The minimum atomic E-state index is -0.0316. The van der Waals surface area contributed by atoms with Crippen molar-refractivity contribution >= 4 is 11.8 Å². The van der Waals surface area contributed by atoms with Crippen molar-refractivity contribution in [1.82, 2.24) is 4.90 Å². The Morgan fingerprint density at radius 1 is 1.35 bits per heavy atom. The molecule has 4 heteroatoms. The van der Waals surface area contributed by atoms with Gasteiger partial charge in [-0.05, 0) is 6.42 Å². The molecule has 3 rings (SSSR count). The van der Waals surface area contributed by atoms with E-state index in [2.05, 4.69) is 30.5 Å². The third-order valence-electron chi connectivity index (χ3n) is 5.25. The van der Waals surface area contributed by atoms with Gasteiger partial charge in [-0.15, -0.1) is 0 Å². The fourth-order valence-corrected chi connectivity index (χ4v) is 4.90. The van der Waals surface area contributed by atoms with Crippen molar-refractivity contribution in [3.05, 3.63) is 0 Å². The molecule has 2 saturated heterocycles. The molecule has 0 aromatic rings. The molecule has 0 aromatic heterocycles. The number of hydrogen-bond acceptors (Lipinski definition) is 4. The Bertz CT molecular complexity index is 304. The van der Waals surface area contributed by atoms with Gasteiger partial charge in [0, 0.05) is 54.6 Å². The van der Waals surface area contributed by atoms with Gasteiger partial charge in [-0.1, -0.05) is 13.8 Å². The average Bonchev–Trinajstić information content (AvgIpc) is 2.78. The Labute approximate surface area is 108 Å². The van der Waals surface area contributed by atoms with Crippen LogP contribution in [0.2, 0.25) is 0 Å².